The average Bonchev–Trinajstić information content (AvgIpc) is 3.17. The molecule has 2 N–H and O–H groups in total. The monoisotopic (exact) mass is 313 g/mol. The number of rotatable bonds is 5. The van der Waals surface area contributed by atoms with Crippen LogP contribution in [0, 0.1) is 0 Å². The van der Waals surface area contributed by atoms with Gasteiger partial charge in [0.1, 0.15) is 11.6 Å². The minimum Gasteiger partial charge on any atom is -0.317 e. The maximum absolute atomic E-state index is 11.4. The molecule has 1 unspecified atom stereocenters. The summed E-state index contributed by atoms with van der Waals surface area (Å²) in [6.07, 6.45) is 5.43. The molecule has 0 spiro atoms. The largest absolute Gasteiger partial charge is 0.317 e. The van der Waals surface area contributed by atoms with Crippen LogP contribution in [0.3, 0.4) is 0 Å². The van der Waals surface area contributed by atoms with Crippen molar-refractivity contribution in [2.24, 2.45) is 12.2 Å². The van der Waals surface area contributed by atoms with Crippen molar-refractivity contribution in [1.29, 1.82) is 0 Å². The van der Waals surface area contributed by atoms with Gasteiger partial charge < -0.3 is 4.57 Å². The van der Waals surface area contributed by atoms with Crippen LogP contribution in [0.1, 0.15) is 49.7 Å². The van der Waals surface area contributed by atoms with E-state index in [9.17, 15) is 8.42 Å². The summed E-state index contributed by atoms with van der Waals surface area (Å²) < 4.78 is 24.8. The van der Waals surface area contributed by atoms with Crippen molar-refractivity contribution < 1.29 is 8.42 Å². The fraction of sp³-hybridized carbons (Fsp3) is 0.846. The lowest BCUT2D eigenvalue weighted by molar-refractivity contribution is 0.149. The highest BCUT2D eigenvalue weighted by Gasteiger charge is 2.31. The van der Waals surface area contributed by atoms with E-state index >= 15 is 0 Å². The van der Waals surface area contributed by atoms with Gasteiger partial charge in [-0.1, -0.05) is 6.42 Å². The van der Waals surface area contributed by atoms with Gasteiger partial charge in [-0.25, -0.2) is 13.6 Å². The van der Waals surface area contributed by atoms with Gasteiger partial charge in [-0.15, -0.1) is 10.2 Å². The smallest absolute Gasteiger partial charge is 0.210 e. The minimum absolute atomic E-state index is 0.00479. The van der Waals surface area contributed by atoms with Crippen LogP contribution in [0.25, 0.3) is 0 Å². The highest BCUT2D eigenvalue weighted by Crippen LogP contribution is 2.38. The minimum atomic E-state index is -3.44. The number of hydrogen-bond acceptors (Lipinski definition) is 5. The van der Waals surface area contributed by atoms with E-state index in [4.69, 9.17) is 5.14 Å². The standard InChI is InChI=1S/C13H23N5O2S/c1-17-12(15-16-13(17)10-5-6-10)8-18-7-3-2-4-11(18)9-21(14,19)20/h10-11H,2-9H2,1H3,(H2,14,19,20). The molecule has 1 aromatic heterocycles. The lowest BCUT2D eigenvalue weighted by Crippen LogP contribution is -2.44. The molecule has 0 radical (unpaired) electrons. The maximum Gasteiger partial charge on any atom is 0.210 e. The molecule has 1 atom stereocenters. The van der Waals surface area contributed by atoms with Crippen LogP contribution >= 0.6 is 0 Å². The number of sulfonamides is 1. The van der Waals surface area contributed by atoms with E-state index in [1.54, 1.807) is 0 Å². The van der Waals surface area contributed by atoms with Gasteiger partial charge in [-0.05, 0) is 32.2 Å². The van der Waals surface area contributed by atoms with E-state index in [0.717, 1.165) is 37.5 Å². The zero-order chi connectivity index (χ0) is 15.0. The summed E-state index contributed by atoms with van der Waals surface area (Å²) in [6.45, 7) is 1.54. The number of nitrogens with two attached hydrogens (primary N) is 1. The normalized spacial score (nSPS) is 24.4. The third-order valence-corrected chi connectivity index (χ3v) is 5.31. The molecule has 1 aromatic rings. The molecule has 3 rings (SSSR count). The van der Waals surface area contributed by atoms with Crippen molar-refractivity contribution in [2.45, 2.75) is 50.6 Å². The molecule has 8 heteroatoms. The number of likely N-dealkylation sites (tertiary alicyclic amines) is 1. The topological polar surface area (TPSA) is 94.1 Å². The van der Waals surface area contributed by atoms with E-state index in [1.807, 2.05) is 7.05 Å². The van der Waals surface area contributed by atoms with E-state index in [-0.39, 0.29) is 11.8 Å². The second-order valence-electron chi connectivity index (χ2n) is 6.26. The molecule has 0 aromatic carbocycles. The van der Waals surface area contributed by atoms with Gasteiger partial charge in [0, 0.05) is 19.0 Å². The molecule has 1 saturated carbocycles. The number of primary sulfonamides is 1. The molecule has 0 bridgehead atoms. The zero-order valence-electron chi connectivity index (χ0n) is 12.4. The van der Waals surface area contributed by atoms with Gasteiger partial charge in [-0.2, -0.15) is 0 Å². The lowest BCUT2D eigenvalue weighted by atomic mass is 10.0. The Morgan fingerprint density at radius 1 is 1.24 bits per heavy atom. The summed E-state index contributed by atoms with van der Waals surface area (Å²) in [5.74, 6) is 2.57. The molecule has 1 saturated heterocycles. The zero-order valence-corrected chi connectivity index (χ0v) is 13.2. The summed E-state index contributed by atoms with van der Waals surface area (Å²) in [6, 6.07) is -0.00479. The average molecular weight is 313 g/mol. The van der Waals surface area contributed by atoms with E-state index in [1.165, 1.54) is 12.8 Å². The first-order chi connectivity index (χ1) is 9.94. The van der Waals surface area contributed by atoms with Crippen molar-refractivity contribution in [3.05, 3.63) is 11.6 Å². The first-order valence-corrected chi connectivity index (χ1v) is 9.28. The van der Waals surface area contributed by atoms with Crippen molar-refractivity contribution in [1.82, 2.24) is 19.7 Å². The number of nitrogens with zero attached hydrogens (tertiary/aromatic N) is 4. The van der Waals surface area contributed by atoms with Crippen LogP contribution in [0.5, 0.6) is 0 Å². The fourth-order valence-corrected chi connectivity index (χ4v) is 4.03. The van der Waals surface area contributed by atoms with Gasteiger partial charge in [-0.3, -0.25) is 4.90 Å². The lowest BCUT2D eigenvalue weighted by Gasteiger charge is -2.34. The third-order valence-electron chi connectivity index (χ3n) is 4.46. The second-order valence-corrected chi connectivity index (χ2v) is 7.92. The van der Waals surface area contributed by atoms with Gasteiger partial charge >= 0.3 is 0 Å². The molecule has 21 heavy (non-hydrogen) atoms. The molecule has 7 nitrogen and oxygen atoms in total. The Morgan fingerprint density at radius 3 is 2.67 bits per heavy atom. The molecule has 2 fully saturated rings. The molecule has 1 aliphatic heterocycles. The SMILES string of the molecule is Cn1c(CN2CCCCC2CS(N)(=O)=O)nnc1C1CC1. The van der Waals surface area contributed by atoms with Crippen LogP contribution in [0.2, 0.25) is 0 Å². The van der Waals surface area contributed by atoms with Crippen molar-refractivity contribution in [3.8, 4) is 0 Å². The Morgan fingerprint density at radius 2 is 2.00 bits per heavy atom. The maximum atomic E-state index is 11.4. The Balaban J connectivity index is 1.72. The van der Waals surface area contributed by atoms with E-state index < -0.39 is 10.0 Å². The Kier molecular flexibility index (Phi) is 4.02. The molecule has 0 amide bonds. The second kappa shape index (κ2) is 5.66. The molecule has 2 aliphatic rings. The highest BCUT2D eigenvalue weighted by atomic mass is 32.2. The summed E-state index contributed by atoms with van der Waals surface area (Å²) in [5.41, 5.74) is 0. The first kappa shape index (κ1) is 14.9. The van der Waals surface area contributed by atoms with Crippen LogP contribution in [0.4, 0.5) is 0 Å². The van der Waals surface area contributed by atoms with Crippen molar-refractivity contribution in [2.75, 3.05) is 12.3 Å². The van der Waals surface area contributed by atoms with Crippen molar-refractivity contribution in [3.63, 3.8) is 0 Å². The van der Waals surface area contributed by atoms with E-state index in [0.29, 0.717) is 12.5 Å². The van der Waals surface area contributed by atoms with Gasteiger partial charge in [0.05, 0.1) is 12.3 Å². The predicted octanol–water partition coefficient (Wildman–Crippen LogP) is 0.336. The first-order valence-electron chi connectivity index (χ1n) is 7.57. The molecule has 1 aliphatic carbocycles. The van der Waals surface area contributed by atoms with Gasteiger partial charge in [0.25, 0.3) is 0 Å². The van der Waals surface area contributed by atoms with Crippen molar-refractivity contribution >= 4 is 10.0 Å². The van der Waals surface area contributed by atoms with Crippen LogP contribution < -0.4 is 5.14 Å². The highest BCUT2D eigenvalue weighted by molar-refractivity contribution is 7.89. The van der Waals surface area contributed by atoms with Crippen LogP contribution in [-0.2, 0) is 23.6 Å². The summed E-state index contributed by atoms with van der Waals surface area (Å²) in [7, 11) is -1.44. The predicted molar refractivity (Wildman–Crippen MR) is 79.0 cm³/mol. The third kappa shape index (κ3) is 3.61. The summed E-state index contributed by atoms with van der Waals surface area (Å²) >= 11 is 0. The summed E-state index contributed by atoms with van der Waals surface area (Å²) in [5, 5.41) is 13.8. The summed E-state index contributed by atoms with van der Waals surface area (Å²) in [4.78, 5) is 2.19. The van der Waals surface area contributed by atoms with E-state index in [2.05, 4.69) is 19.7 Å². The molecule has 118 valence electrons. The molecular weight excluding hydrogens is 290 g/mol. The van der Waals surface area contributed by atoms with Crippen LogP contribution in [-0.4, -0.2) is 46.4 Å². The Labute approximate surface area is 125 Å². The van der Waals surface area contributed by atoms with Gasteiger partial charge in [0.2, 0.25) is 10.0 Å². The number of hydrogen-bond donors (Lipinski definition) is 1. The van der Waals surface area contributed by atoms with Crippen LogP contribution in [0.15, 0.2) is 0 Å². The van der Waals surface area contributed by atoms with Gasteiger partial charge in [0.15, 0.2) is 0 Å². The Bertz CT molecular complexity index is 608. The number of piperidine rings is 1. The number of aromatic nitrogens is 3. The quantitative estimate of drug-likeness (QED) is 0.845. The molecule has 2 heterocycles. The Hall–Kier alpha value is -0.990. The fourth-order valence-electron chi connectivity index (χ4n) is 3.12. The molecular formula is C13H23N5O2S.